The van der Waals surface area contributed by atoms with Crippen LogP contribution in [0.2, 0.25) is 0 Å². The first-order valence-electron chi connectivity index (χ1n) is 12.7. The number of carbonyl (C=O) groups excluding carboxylic acids is 1. The predicted octanol–water partition coefficient (Wildman–Crippen LogP) is 3.07. The minimum Gasteiger partial charge on any atom is -0.494 e. The van der Waals surface area contributed by atoms with Crippen LogP contribution in [0.5, 0.6) is 5.75 Å². The zero-order valence-electron chi connectivity index (χ0n) is 20.6. The van der Waals surface area contributed by atoms with Crippen molar-refractivity contribution in [2.24, 2.45) is 0 Å². The fraction of sp³-hybridized carbons (Fsp3) is 0.407. The summed E-state index contributed by atoms with van der Waals surface area (Å²) in [4.78, 5) is 21.8. The van der Waals surface area contributed by atoms with Crippen LogP contribution in [0.3, 0.4) is 0 Å². The number of aryl methyl sites for hydroxylation is 1. The summed E-state index contributed by atoms with van der Waals surface area (Å²) < 4.78 is 7.70. The smallest absolute Gasteiger partial charge is 0.240 e. The lowest BCUT2D eigenvalue weighted by atomic mass is 9.99. The van der Waals surface area contributed by atoms with E-state index in [0.717, 1.165) is 65.1 Å². The van der Waals surface area contributed by atoms with E-state index < -0.39 is 0 Å². The molecule has 2 fully saturated rings. The number of aromatic amines is 1. The van der Waals surface area contributed by atoms with E-state index in [1.807, 2.05) is 35.1 Å². The van der Waals surface area contributed by atoms with Crippen molar-refractivity contribution in [2.75, 3.05) is 33.8 Å². The first kappa shape index (κ1) is 21.6. The molecule has 1 N–H and O–H groups in total. The lowest BCUT2D eigenvalue weighted by Crippen LogP contribution is -2.60. The lowest BCUT2D eigenvalue weighted by Gasteiger charge is -2.45. The first-order valence-corrected chi connectivity index (χ1v) is 12.7. The Labute approximate surface area is 209 Å². The van der Waals surface area contributed by atoms with Gasteiger partial charge in [-0.05, 0) is 43.9 Å². The third-order valence-corrected chi connectivity index (χ3v) is 8.12. The van der Waals surface area contributed by atoms with Crippen LogP contribution in [0, 0.1) is 0 Å². The summed E-state index contributed by atoms with van der Waals surface area (Å²) in [5.74, 6) is 0.980. The Balaban J connectivity index is 1.18. The fourth-order valence-corrected chi connectivity index (χ4v) is 5.82. The average molecular weight is 484 g/mol. The minimum absolute atomic E-state index is 0.0534. The number of nitrogens with zero attached hydrogens (tertiary/aromatic N) is 6. The Morgan fingerprint density at radius 2 is 2.08 bits per heavy atom. The van der Waals surface area contributed by atoms with Crippen LogP contribution in [0.25, 0.3) is 33.5 Å². The second-order valence-corrected chi connectivity index (χ2v) is 10.2. The Kier molecular flexibility index (Phi) is 4.89. The largest absolute Gasteiger partial charge is 0.494 e. The molecule has 0 bridgehead atoms. The first-order chi connectivity index (χ1) is 17.6. The Morgan fingerprint density at radius 1 is 1.19 bits per heavy atom. The number of likely N-dealkylation sites (tertiary alicyclic amines) is 2. The molecule has 5 heterocycles. The number of nitrogens with one attached hydrogen (secondary N) is 1. The van der Waals surface area contributed by atoms with E-state index >= 15 is 0 Å². The summed E-state index contributed by atoms with van der Waals surface area (Å²) >= 11 is 0. The van der Waals surface area contributed by atoms with E-state index in [4.69, 9.17) is 9.72 Å². The zero-order chi connectivity index (χ0) is 24.4. The number of likely N-dealkylation sites (N-methyl/N-ethyl adjacent to an activating group) is 1. The van der Waals surface area contributed by atoms with Gasteiger partial charge in [-0.15, -0.1) is 0 Å². The summed E-state index contributed by atoms with van der Waals surface area (Å²) in [7, 11) is 3.70. The van der Waals surface area contributed by atoms with Gasteiger partial charge < -0.3 is 9.64 Å². The van der Waals surface area contributed by atoms with Gasteiger partial charge in [-0.25, -0.2) is 4.98 Å². The highest BCUT2D eigenvalue weighted by Gasteiger charge is 2.40. The molecule has 0 saturated carbocycles. The maximum atomic E-state index is 12.6. The van der Waals surface area contributed by atoms with Crippen LogP contribution >= 0.6 is 0 Å². The highest BCUT2D eigenvalue weighted by Crippen LogP contribution is 2.39. The van der Waals surface area contributed by atoms with Gasteiger partial charge in [0.25, 0.3) is 0 Å². The number of methoxy groups -OCH3 is 1. The van der Waals surface area contributed by atoms with Crippen LogP contribution in [0.4, 0.5) is 0 Å². The molecule has 1 aliphatic carbocycles. The summed E-state index contributed by atoms with van der Waals surface area (Å²) in [6, 6.07) is 8.70. The second-order valence-electron chi connectivity index (χ2n) is 10.2. The van der Waals surface area contributed by atoms with Gasteiger partial charge in [-0.1, -0.05) is 18.2 Å². The van der Waals surface area contributed by atoms with Gasteiger partial charge in [-0.3, -0.25) is 19.5 Å². The van der Waals surface area contributed by atoms with E-state index in [2.05, 4.69) is 38.4 Å². The zero-order valence-corrected chi connectivity index (χ0v) is 20.6. The third-order valence-electron chi connectivity index (χ3n) is 8.12. The molecular weight excluding hydrogens is 454 g/mol. The van der Waals surface area contributed by atoms with Gasteiger partial charge in [0.15, 0.2) is 0 Å². The topological polar surface area (TPSA) is 92.2 Å². The van der Waals surface area contributed by atoms with E-state index in [0.29, 0.717) is 13.1 Å². The third kappa shape index (κ3) is 3.26. The number of hydrogen-bond donors (Lipinski definition) is 1. The van der Waals surface area contributed by atoms with Gasteiger partial charge >= 0.3 is 0 Å². The molecule has 9 nitrogen and oxygen atoms in total. The second kappa shape index (κ2) is 8.16. The Hall–Kier alpha value is -3.72. The van der Waals surface area contributed by atoms with Crippen LogP contribution in [-0.2, 0) is 17.6 Å². The highest BCUT2D eigenvalue weighted by molar-refractivity contribution is 5.93. The number of H-pyrrole nitrogens is 1. The van der Waals surface area contributed by atoms with Crippen LogP contribution in [0.15, 0.2) is 36.7 Å². The van der Waals surface area contributed by atoms with Crippen molar-refractivity contribution in [3.05, 3.63) is 47.8 Å². The van der Waals surface area contributed by atoms with Crippen molar-refractivity contribution in [3.8, 4) is 28.3 Å². The number of fused-ring (bicyclic) bond motifs is 2. The number of amides is 1. The van der Waals surface area contributed by atoms with Gasteiger partial charge in [0.1, 0.15) is 22.7 Å². The van der Waals surface area contributed by atoms with E-state index in [1.54, 1.807) is 7.11 Å². The minimum atomic E-state index is 0.0534. The predicted molar refractivity (Wildman–Crippen MR) is 136 cm³/mol. The molecular formula is C27H29N7O2. The molecule has 3 aliphatic rings. The van der Waals surface area contributed by atoms with Crippen molar-refractivity contribution in [2.45, 2.75) is 37.8 Å². The Morgan fingerprint density at radius 3 is 2.86 bits per heavy atom. The SMILES string of the molecule is COc1cc2[nH]nc(-c3cnn(C4CN(C(=O)[C@@H]5CCN5C)C4)c3)c2nc1-c1cccc2c1CCC2. The van der Waals surface area contributed by atoms with Crippen molar-refractivity contribution < 1.29 is 9.53 Å². The van der Waals surface area contributed by atoms with Gasteiger partial charge in [0.2, 0.25) is 5.91 Å². The lowest BCUT2D eigenvalue weighted by molar-refractivity contribution is -0.146. The Bertz CT molecular complexity index is 1480. The van der Waals surface area contributed by atoms with Gasteiger partial charge in [0.05, 0.1) is 30.9 Å². The molecule has 9 heteroatoms. The molecule has 1 amide bonds. The summed E-state index contributed by atoms with van der Waals surface area (Å²) in [5.41, 5.74) is 8.09. The van der Waals surface area contributed by atoms with E-state index in [9.17, 15) is 4.79 Å². The fourth-order valence-electron chi connectivity index (χ4n) is 5.82. The van der Waals surface area contributed by atoms with Crippen molar-refractivity contribution in [1.82, 2.24) is 34.8 Å². The summed E-state index contributed by atoms with van der Waals surface area (Å²) in [6.45, 7) is 2.40. The molecule has 0 radical (unpaired) electrons. The number of aromatic nitrogens is 5. The van der Waals surface area contributed by atoms with Gasteiger partial charge in [0, 0.05) is 43.0 Å². The standard InChI is InChI=1S/C27H29N7O2/c1-32-10-9-22(32)27(35)33-14-18(15-33)34-13-17(12-28-34)24-26-21(30-31-24)11-23(36-2)25(29-26)20-8-4-6-16-5-3-7-19(16)20/h4,6,8,11-13,18,22H,3,5,7,9-10,14-15H2,1-2H3,(H,30,31)/t22-/m0/s1. The summed E-state index contributed by atoms with van der Waals surface area (Å²) in [6.07, 6.45) is 8.17. The van der Waals surface area contributed by atoms with Gasteiger partial charge in [-0.2, -0.15) is 10.2 Å². The average Bonchev–Trinajstić information content (AvgIpc) is 3.60. The number of rotatable bonds is 5. The monoisotopic (exact) mass is 483 g/mol. The number of pyridine rings is 1. The van der Waals surface area contributed by atoms with Crippen molar-refractivity contribution in [1.29, 1.82) is 0 Å². The molecule has 0 unspecified atom stereocenters. The number of carbonyl (C=O) groups is 1. The molecule has 4 aromatic rings. The molecule has 36 heavy (non-hydrogen) atoms. The van der Waals surface area contributed by atoms with Crippen LogP contribution in [-0.4, -0.2) is 80.5 Å². The molecule has 184 valence electrons. The molecule has 2 saturated heterocycles. The maximum Gasteiger partial charge on any atom is 0.240 e. The number of hydrogen-bond acceptors (Lipinski definition) is 6. The molecule has 7 rings (SSSR count). The number of ether oxygens (including phenoxy) is 1. The van der Waals surface area contributed by atoms with Crippen molar-refractivity contribution in [3.63, 3.8) is 0 Å². The highest BCUT2D eigenvalue weighted by atomic mass is 16.5. The summed E-state index contributed by atoms with van der Waals surface area (Å²) in [5, 5.41) is 12.3. The molecule has 3 aromatic heterocycles. The molecule has 0 spiro atoms. The van der Waals surface area contributed by atoms with E-state index in [-0.39, 0.29) is 18.0 Å². The number of benzene rings is 1. The maximum absolute atomic E-state index is 12.6. The van der Waals surface area contributed by atoms with E-state index in [1.165, 1.54) is 17.5 Å². The molecule has 2 aliphatic heterocycles. The quantitative estimate of drug-likeness (QED) is 0.469. The van der Waals surface area contributed by atoms with Crippen LogP contribution in [0.1, 0.15) is 30.0 Å². The van der Waals surface area contributed by atoms with Crippen LogP contribution < -0.4 is 4.74 Å². The molecule has 1 aromatic carbocycles. The normalized spacial score (nSPS) is 19.8. The van der Waals surface area contributed by atoms with Crippen molar-refractivity contribution >= 4 is 16.9 Å². The molecule has 1 atom stereocenters.